The average molecular weight is 323 g/mol. The quantitative estimate of drug-likeness (QED) is 0.843. The second-order valence-corrected chi connectivity index (χ2v) is 6.09. The zero-order chi connectivity index (χ0) is 17.3. The van der Waals surface area contributed by atoms with Gasteiger partial charge < -0.3 is 14.8 Å². The van der Waals surface area contributed by atoms with E-state index in [4.69, 9.17) is 9.47 Å². The summed E-state index contributed by atoms with van der Waals surface area (Å²) in [7, 11) is 3.14. The van der Waals surface area contributed by atoms with E-state index in [-0.39, 0.29) is 5.78 Å². The van der Waals surface area contributed by atoms with Crippen LogP contribution in [-0.2, 0) is 0 Å². The molecule has 1 aliphatic heterocycles. The van der Waals surface area contributed by atoms with Crippen molar-refractivity contribution in [2.24, 2.45) is 0 Å². The average Bonchev–Trinajstić information content (AvgIpc) is 2.90. The molecule has 0 atom stereocenters. The van der Waals surface area contributed by atoms with Gasteiger partial charge in [-0.2, -0.15) is 0 Å². The van der Waals surface area contributed by atoms with Gasteiger partial charge in [0.1, 0.15) is 11.5 Å². The molecule has 0 saturated carbocycles. The van der Waals surface area contributed by atoms with Crippen LogP contribution in [0.3, 0.4) is 0 Å². The normalized spacial score (nSPS) is 14.7. The molecule has 0 amide bonds. The van der Waals surface area contributed by atoms with Crippen molar-refractivity contribution >= 4 is 17.5 Å². The number of ketones is 1. The molecule has 3 rings (SSSR count). The molecule has 0 aliphatic carbocycles. The Morgan fingerprint density at radius 2 is 1.75 bits per heavy atom. The van der Waals surface area contributed by atoms with E-state index in [1.165, 1.54) is 5.56 Å². The Morgan fingerprint density at radius 1 is 1.04 bits per heavy atom. The van der Waals surface area contributed by atoms with Gasteiger partial charge in [-0.25, -0.2) is 0 Å². The summed E-state index contributed by atoms with van der Waals surface area (Å²) in [6.45, 7) is 4.32. The molecule has 0 fully saturated rings. The van der Waals surface area contributed by atoms with Crippen LogP contribution in [0.5, 0.6) is 11.5 Å². The van der Waals surface area contributed by atoms with Crippen molar-refractivity contribution in [3.63, 3.8) is 0 Å². The van der Waals surface area contributed by atoms with E-state index in [2.05, 4.69) is 31.3 Å². The first kappa shape index (κ1) is 16.1. The number of ether oxygens (including phenoxy) is 2. The molecular formula is C20H21NO3. The number of fused-ring (bicyclic) bond motifs is 1. The van der Waals surface area contributed by atoms with E-state index in [0.29, 0.717) is 34.4 Å². The number of anilines is 1. The van der Waals surface area contributed by atoms with Gasteiger partial charge in [0.2, 0.25) is 5.78 Å². The Kier molecular flexibility index (Phi) is 4.30. The second kappa shape index (κ2) is 6.40. The predicted molar refractivity (Wildman–Crippen MR) is 96.0 cm³/mol. The Balaban J connectivity index is 1.95. The summed E-state index contributed by atoms with van der Waals surface area (Å²) >= 11 is 0. The molecule has 1 aliphatic rings. The first-order chi connectivity index (χ1) is 11.5. The highest BCUT2D eigenvalue weighted by molar-refractivity contribution is 6.22. The topological polar surface area (TPSA) is 47.6 Å². The molecule has 1 heterocycles. The molecule has 4 heteroatoms. The number of Topliss-reactive ketones (excluding diaryl/α,β-unsaturated/α-hetero) is 1. The number of benzene rings is 2. The molecule has 0 unspecified atom stereocenters. The van der Waals surface area contributed by atoms with E-state index in [1.54, 1.807) is 26.4 Å². The van der Waals surface area contributed by atoms with Crippen LogP contribution < -0.4 is 14.8 Å². The molecule has 124 valence electrons. The zero-order valence-electron chi connectivity index (χ0n) is 14.3. The number of hydrogen-bond donors (Lipinski definition) is 1. The van der Waals surface area contributed by atoms with Crippen LogP contribution in [0.25, 0.3) is 6.08 Å². The van der Waals surface area contributed by atoms with Crippen LogP contribution in [0.4, 0.5) is 5.69 Å². The van der Waals surface area contributed by atoms with Crippen molar-refractivity contribution in [3.05, 3.63) is 58.8 Å². The third-order valence-corrected chi connectivity index (χ3v) is 4.19. The Hall–Kier alpha value is -2.75. The molecule has 0 spiro atoms. The number of carbonyl (C=O) groups is 1. The highest BCUT2D eigenvalue weighted by Crippen LogP contribution is 2.39. The van der Waals surface area contributed by atoms with Gasteiger partial charge in [0.15, 0.2) is 0 Å². The summed E-state index contributed by atoms with van der Waals surface area (Å²) in [5.74, 6) is 1.57. The predicted octanol–water partition coefficient (Wildman–Crippen LogP) is 4.48. The zero-order valence-corrected chi connectivity index (χ0v) is 14.3. The fourth-order valence-corrected chi connectivity index (χ4v) is 2.78. The molecule has 2 aromatic carbocycles. The summed E-state index contributed by atoms with van der Waals surface area (Å²) in [5, 5.41) is 3.17. The summed E-state index contributed by atoms with van der Waals surface area (Å²) in [6.07, 6.45) is 1.86. The minimum atomic E-state index is -0.0718. The van der Waals surface area contributed by atoms with E-state index < -0.39 is 0 Å². The highest BCUT2D eigenvalue weighted by Gasteiger charge is 2.29. The van der Waals surface area contributed by atoms with Crippen molar-refractivity contribution in [1.29, 1.82) is 0 Å². The Morgan fingerprint density at radius 3 is 2.33 bits per heavy atom. The molecule has 24 heavy (non-hydrogen) atoms. The minimum Gasteiger partial charge on any atom is -0.497 e. The number of allylic oxidation sites excluding steroid dienone is 1. The van der Waals surface area contributed by atoms with Gasteiger partial charge >= 0.3 is 0 Å². The van der Waals surface area contributed by atoms with Gasteiger partial charge in [-0.3, -0.25) is 4.79 Å². The van der Waals surface area contributed by atoms with Crippen LogP contribution >= 0.6 is 0 Å². The lowest BCUT2D eigenvalue weighted by molar-refractivity contribution is 0.104. The fraction of sp³-hybridized carbons (Fsp3) is 0.250. The van der Waals surface area contributed by atoms with Gasteiger partial charge in [-0.1, -0.05) is 38.1 Å². The SMILES string of the molecule is COc1cc2c(c(OC)c1)C(=O)/C(=C/c1ccc(C(C)C)cc1)N2. The van der Waals surface area contributed by atoms with Crippen LogP contribution in [0.1, 0.15) is 41.3 Å². The maximum Gasteiger partial charge on any atom is 0.215 e. The lowest BCUT2D eigenvalue weighted by Crippen LogP contribution is -2.01. The molecule has 0 saturated heterocycles. The summed E-state index contributed by atoms with van der Waals surface area (Å²) in [5.41, 5.74) is 4.05. The van der Waals surface area contributed by atoms with E-state index in [1.807, 2.05) is 18.2 Å². The number of hydrogen-bond acceptors (Lipinski definition) is 4. The summed E-state index contributed by atoms with van der Waals surface area (Å²) in [4.78, 5) is 12.7. The molecule has 1 N–H and O–H groups in total. The summed E-state index contributed by atoms with van der Waals surface area (Å²) < 4.78 is 10.6. The van der Waals surface area contributed by atoms with Crippen LogP contribution in [0, 0.1) is 0 Å². The maximum atomic E-state index is 12.7. The largest absolute Gasteiger partial charge is 0.497 e. The minimum absolute atomic E-state index is 0.0718. The van der Waals surface area contributed by atoms with Crippen LogP contribution in [0.2, 0.25) is 0 Å². The van der Waals surface area contributed by atoms with Gasteiger partial charge in [-0.15, -0.1) is 0 Å². The standard InChI is InChI=1S/C20H21NO3/c1-12(2)14-7-5-13(6-8-14)9-17-20(22)19-16(21-17)10-15(23-3)11-18(19)24-4/h5-12,21H,1-4H3/b17-9-. The summed E-state index contributed by atoms with van der Waals surface area (Å²) in [6, 6.07) is 11.8. The second-order valence-electron chi connectivity index (χ2n) is 6.09. The fourth-order valence-electron chi connectivity index (χ4n) is 2.78. The molecular weight excluding hydrogens is 302 g/mol. The first-order valence-corrected chi connectivity index (χ1v) is 7.93. The van der Waals surface area contributed by atoms with E-state index >= 15 is 0 Å². The smallest absolute Gasteiger partial charge is 0.215 e. The van der Waals surface area contributed by atoms with Gasteiger partial charge in [-0.05, 0) is 23.1 Å². The van der Waals surface area contributed by atoms with Gasteiger partial charge in [0.05, 0.1) is 31.2 Å². The number of nitrogens with one attached hydrogen (secondary N) is 1. The van der Waals surface area contributed by atoms with Crippen molar-refractivity contribution in [1.82, 2.24) is 0 Å². The van der Waals surface area contributed by atoms with Crippen molar-refractivity contribution < 1.29 is 14.3 Å². The highest BCUT2D eigenvalue weighted by atomic mass is 16.5. The van der Waals surface area contributed by atoms with Crippen molar-refractivity contribution in [2.45, 2.75) is 19.8 Å². The van der Waals surface area contributed by atoms with Crippen LogP contribution in [-0.4, -0.2) is 20.0 Å². The van der Waals surface area contributed by atoms with Crippen LogP contribution in [0.15, 0.2) is 42.1 Å². The van der Waals surface area contributed by atoms with Crippen molar-refractivity contribution in [2.75, 3.05) is 19.5 Å². The van der Waals surface area contributed by atoms with E-state index in [9.17, 15) is 4.79 Å². The third kappa shape index (κ3) is 2.87. The molecule has 0 aromatic heterocycles. The number of rotatable bonds is 4. The van der Waals surface area contributed by atoms with Crippen molar-refractivity contribution in [3.8, 4) is 11.5 Å². The monoisotopic (exact) mass is 323 g/mol. The molecule has 4 nitrogen and oxygen atoms in total. The van der Waals surface area contributed by atoms with E-state index in [0.717, 1.165) is 5.56 Å². The molecule has 2 aromatic rings. The van der Waals surface area contributed by atoms with Gasteiger partial charge in [0.25, 0.3) is 0 Å². The Labute approximate surface area is 142 Å². The maximum absolute atomic E-state index is 12.7. The number of methoxy groups -OCH3 is 2. The molecule has 0 bridgehead atoms. The third-order valence-electron chi connectivity index (χ3n) is 4.19. The number of carbonyl (C=O) groups excluding carboxylic acids is 1. The van der Waals surface area contributed by atoms with Gasteiger partial charge in [0, 0.05) is 12.1 Å². The lowest BCUT2D eigenvalue weighted by atomic mass is 10.0. The first-order valence-electron chi connectivity index (χ1n) is 7.93. The lowest BCUT2D eigenvalue weighted by Gasteiger charge is -2.08. The molecule has 0 radical (unpaired) electrons. The Bertz CT molecular complexity index is 804.